The van der Waals surface area contributed by atoms with E-state index >= 15 is 0 Å². The summed E-state index contributed by atoms with van der Waals surface area (Å²) in [7, 11) is 4.00. The number of rotatable bonds is 3. The maximum Gasteiger partial charge on any atom is 0.269 e. The van der Waals surface area contributed by atoms with Gasteiger partial charge >= 0.3 is 0 Å². The predicted molar refractivity (Wildman–Crippen MR) is 68.8 cm³/mol. The number of hydrogen-bond donors (Lipinski definition) is 2. The normalized spacial score (nSPS) is 10.9. The lowest BCUT2D eigenvalue weighted by Gasteiger charge is -2.11. The first-order valence-electron chi connectivity index (χ1n) is 5.14. The molecule has 0 bridgehead atoms. The van der Waals surface area contributed by atoms with Crippen LogP contribution in [0.25, 0.3) is 0 Å². The second kappa shape index (κ2) is 4.65. The lowest BCUT2D eigenvalue weighted by molar-refractivity contribution is 1.09. The van der Waals surface area contributed by atoms with E-state index in [0.29, 0.717) is 5.95 Å². The first kappa shape index (κ1) is 11.1. The number of hydrogen-bond acceptors (Lipinski definition) is 5. The number of aliphatic imine (C=N–C) groups is 1. The Morgan fingerprint density at radius 1 is 1.29 bits per heavy atom. The fourth-order valence-corrected chi connectivity index (χ4v) is 1.31. The fraction of sp³-hybridized carbons (Fsp3) is 0.182. The maximum absolute atomic E-state index is 5.39. The molecular weight excluding hydrogens is 216 g/mol. The highest BCUT2D eigenvalue weighted by atomic mass is 15.3. The molecular formula is C11H14N6. The third-order valence-electron chi connectivity index (χ3n) is 2.23. The second-order valence-electron chi connectivity index (χ2n) is 3.76. The number of aromatic amines is 1. The van der Waals surface area contributed by atoms with Crippen LogP contribution >= 0.6 is 0 Å². The van der Waals surface area contributed by atoms with Gasteiger partial charge in [-0.1, -0.05) is 12.1 Å². The molecule has 0 aliphatic carbocycles. The molecule has 2 rings (SSSR count). The number of nitrogens with one attached hydrogen (secondary N) is 1. The summed E-state index contributed by atoms with van der Waals surface area (Å²) in [5.41, 5.74) is 7.52. The molecule has 0 spiro atoms. The van der Waals surface area contributed by atoms with E-state index in [2.05, 4.69) is 20.2 Å². The van der Waals surface area contributed by atoms with Crippen LogP contribution in [-0.2, 0) is 0 Å². The van der Waals surface area contributed by atoms with Crippen molar-refractivity contribution < 1.29 is 0 Å². The Morgan fingerprint density at radius 2 is 2.00 bits per heavy atom. The van der Waals surface area contributed by atoms with Crippen molar-refractivity contribution >= 4 is 23.8 Å². The number of nitrogens with zero attached hydrogens (tertiary/aromatic N) is 4. The van der Waals surface area contributed by atoms with Crippen LogP contribution in [0.4, 0.5) is 17.6 Å². The highest BCUT2D eigenvalue weighted by Crippen LogP contribution is 2.11. The third kappa shape index (κ3) is 2.81. The highest BCUT2D eigenvalue weighted by molar-refractivity contribution is 5.81. The Labute approximate surface area is 99.2 Å². The molecule has 0 radical (unpaired) electrons. The zero-order chi connectivity index (χ0) is 12.3. The minimum absolute atomic E-state index is 0.264. The lowest BCUT2D eigenvalue weighted by Crippen LogP contribution is -2.08. The summed E-state index contributed by atoms with van der Waals surface area (Å²) in [5.74, 6) is 0.597. The molecule has 0 amide bonds. The van der Waals surface area contributed by atoms with Gasteiger partial charge in [0.15, 0.2) is 0 Å². The van der Waals surface area contributed by atoms with Crippen molar-refractivity contribution in [2.24, 2.45) is 4.99 Å². The number of nitrogen functional groups attached to an aromatic ring is 1. The van der Waals surface area contributed by atoms with E-state index in [1.165, 1.54) is 0 Å². The molecule has 1 aromatic carbocycles. The molecule has 0 aliphatic rings. The smallest absolute Gasteiger partial charge is 0.269 e. The van der Waals surface area contributed by atoms with Gasteiger partial charge in [-0.3, -0.25) is 0 Å². The van der Waals surface area contributed by atoms with Crippen LogP contribution in [0.15, 0.2) is 29.3 Å². The molecule has 6 heteroatoms. The molecule has 6 nitrogen and oxygen atoms in total. The van der Waals surface area contributed by atoms with Crippen LogP contribution in [0, 0.1) is 0 Å². The van der Waals surface area contributed by atoms with E-state index in [1.807, 2.05) is 43.3 Å². The maximum atomic E-state index is 5.39. The highest BCUT2D eigenvalue weighted by Gasteiger charge is 1.96. The predicted octanol–water partition coefficient (Wildman–Crippen LogP) is 1.20. The molecule has 0 fully saturated rings. The number of anilines is 2. The van der Waals surface area contributed by atoms with Crippen LogP contribution in [0.2, 0.25) is 0 Å². The van der Waals surface area contributed by atoms with Crippen molar-refractivity contribution in [1.82, 2.24) is 15.2 Å². The molecule has 0 saturated heterocycles. The standard InChI is InChI=1S/C11H14N6/c1-17(2)9-5-3-8(4-6-9)7-13-11-14-10(12)15-16-11/h3-7H,1-2H3,(H3,12,14,15,16)/b13-7+. The van der Waals surface area contributed by atoms with E-state index in [9.17, 15) is 0 Å². The quantitative estimate of drug-likeness (QED) is 0.776. The molecule has 2 aromatic rings. The Kier molecular flexibility index (Phi) is 3.04. The minimum Gasteiger partial charge on any atom is -0.378 e. The van der Waals surface area contributed by atoms with E-state index < -0.39 is 0 Å². The van der Waals surface area contributed by atoms with Gasteiger partial charge in [-0.05, 0) is 17.7 Å². The number of H-pyrrole nitrogens is 1. The van der Waals surface area contributed by atoms with Crippen molar-refractivity contribution in [2.75, 3.05) is 24.7 Å². The molecule has 88 valence electrons. The molecule has 1 aromatic heterocycles. The zero-order valence-electron chi connectivity index (χ0n) is 9.75. The molecule has 3 N–H and O–H groups in total. The van der Waals surface area contributed by atoms with E-state index in [4.69, 9.17) is 5.73 Å². The summed E-state index contributed by atoms with van der Waals surface area (Å²) in [6, 6.07) is 8.01. The van der Waals surface area contributed by atoms with Gasteiger partial charge in [0.05, 0.1) is 0 Å². The number of benzene rings is 1. The van der Waals surface area contributed by atoms with Crippen LogP contribution in [0.1, 0.15) is 5.56 Å². The topological polar surface area (TPSA) is 83.2 Å². The number of aromatic nitrogens is 3. The summed E-state index contributed by atoms with van der Waals surface area (Å²) in [6.45, 7) is 0. The Hall–Kier alpha value is -2.37. The minimum atomic E-state index is 0.264. The van der Waals surface area contributed by atoms with Gasteiger partial charge in [-0.2, -0.15) is 4.98 Å². The van der Waals surface area contributed by atoms with E-state index in [1.54, 1.807) is 6.21 Å². The first-order valence-corrected chi connectivity index (χ1v) is 5.14. The van der Waals surface area contributed by atoms with Gasteiger partial charge in [0.1, 0.15) is 0 Å². The third-order valence-corrected chi connectivity index (χ3v) is 2.23. The van der Waals surface area contributed by atoms with Gasteiger partial charge in [-0.15, -0.1) is 5.10 Å². The largest absolute Gasteiger partial charge is 0.378 e. The molecule has 17 heavy (non-hydrogen) atoms. The lowest BCUT2D eigenvalue weighted by atomic mass is 10.2. The second-order valence-corrected chi connectivity index (χ2v) is 3.76. The summed E-state index contributed by atoms with van der Waals surface area (Å²) >= 11 is 0. The molecule has 0 atom stereocenters. The van der Waals surface area contributed by atoms with Crippen molar-refractivity contribution in [3.63, 3.8) is 0 Å². The van der Waals surface area contributed by atoms with E-state index in [-0.39, 0.29) is 5.95 Å². The SMILES string of the molecule is CN(C)c1ccc(/C=N/c2n[nH]c(N)n2)cc1. The number of nitrogens with two attached hydrogens (primary N) is 1. The fourth-order valence-electron chi connectivity index (χ4n) is 1.31. The summed E-state index contributed by atoms with van der Waals surface area (Å²) in [6.07, 6.45) is 1.70. The molecule has 1 heterocycles. The Morgan fingerprint density at radius 3 is 2.53 bits per heavy atom. The molecule has 0 unspecified atom stereocenters. The van der Waals surface area contributed by atoms with Crippen LogP contribution in [0.5, 0.6) is 0 Å². The van der Waals surface area contributed by atoms with Crippen molar-refractivity contribution in [2.45, 2.75) is 0 Å². The van der Waals surface area contributed by atoms with E-state index in [0.717, 1.165) is 11.3 Å². The molecule has 0 aliphatic heterocycles. The first-order chi connectivity index (χ1) is 8.15. The Balaban J connectivity index is 2.11. The van der Waals surface area contributed by atoms with Crippen molar-refractivity contribution in [3.8, 4) is 0 Å². The zero-order valence-corrected chi connectivity index (χ0v) is 9.75. The van der Waals surface area contributed by atoms with Crippen LogP contribution in [0.3, 0.4) is 0 Å². The van der Waals surface area contributed by atoms with Gasteiger partial charge in [0.25, 0.3) is 5.95 Å². The van der Waals surface area contributed by atoms with Crippen molar-refractivity contribution in [3.05, 3.63) is 29.8 Å². The Bertz CT molecular complexity index is 511. The monoisotopic (exact) mass is 230 g/mol. The van der Waals surface area contributed by atoms with Crippen LogP contribution in [-0.4, -0.2) is 35.5 Å². The average molecular weight is 230 g/mol. The van der Waals surface area contributed by atoms with Gasteiger partial charge in [0.2, 0.25) is 5.95 Å². The van der Waals surface area contributed by atoms with Crippen LogP contribution < -0.4 is 10.6 Å². The summed E-state index contributed by atoms with van der Waals surface area (Å²) < 4.78 is 0. The van der Waals surface area contributed by atoms with Gasteiger partial charge in [0, 0.05) is 26.0 Å². The van der Waals surface area contributed by atoms with Gasteiger partial charge < -0.3 is 10.6 Å². The summed E-state index contributed by atoms with van der Waals surface area (Å²) in [5, 5.41) is 6.33. The summed E-state index contributed by atoms with van der Waals surface area (Å²) in [4.78, 5) is 10.0. The van der Waals surface area contributed by atoms with Crippen molar-refractivity contribution in [1.29, 1.82) is 0 Å². The average Bonchev–Trinajstić information content (AvgIpc) is 2.73. The molecule has 0 saturated carbocycles. The van der Waals surface area contributed by atoms with Gasteiger partial charge in [-0.25, -0.2) is 10.1 Å².